The Hall–Kier alpha value is -4.17. The van der Waals surface area contributed by atoms with Crippen molar-refractivity contribution in [2.75, 3.05) is 14.1 Å². The molecule has 36 heavy (non-hydrogen) atoms. The van der Waals surface area contributed by atoms with Gasteiger partial charge >= 0.3 is 0 Å². The van der Waals surface area contributed by atoms with E-state index in [4.69, 9.17) is 0 Å². The molecule has 3 aromatic heterocycles. The first kappa shape index (κ1) is 22.3. The predicted molar refractivity (Wildman–Crippen MR) is 134 cm³/mol. The minimum absolute atomic E-state index is 0.0600. The molecule has 1 amide bonds. The fourth-order valence-electron chi connectivity index (χ4n) is 4.96. The Bertz CT molecular complexity index is 1630. The second-order valence-corrected chi connectivity index (χ2v) is 9.49. The van der Waals surface area contributed by atoms with Gasteiger partial charge in [-0.05, 0) is 36.1 Å². The van der Waals surface area contributed by atoms with Gasteiger partial charge in [-0.15, -0.1) is 0 Å². The molecule has 3 heterocycles. The summed E-state index contributed by atoms with van der Waals surface area (Å²) in [5.41, 5.74) is 4.20. The molecule has 6 rings (SSSR count). The quantitative estimate of drug-likeness (QED) is 0.405. The minimum atomic E-state index is -1.56. The lowest BCUT2D eigenvalue weighted by atomic mass is 9.90. The first-order valence-electron chi connectivity index (χ1n) is 11.8. The van der Waals surface area contributed by atoms with E-state index >= 15 is 0 Å². The van der Waals surface area contributed by atoms with Crippen LogP contribution < -0.4 is 0 Å². The number of carbonyl (C=O) groups excluding carboxylic acids is 1. The molecule has 1 saturated carbocycles. The van der Waals surface area contributed by atoms with E-state index in [1.165, 1.54) is 36.7 Å². The number of pyridine rings is 1. The number of amides is 1. The van der Waals surface area contributed by atoms with Gasteiger partial charge in [0.2, 0.25) is 5.78 Å². The van der Waals surface area contributed by atoms with E-state index in [-0.39, 0.29) is 11.0 Å². The summed E-state index contributed by atoms with van der Waals surface area (Å²) in [5, 5.41) is 11.4. The van der Waals surface area contributed by atoms with Crippen LogP contribution in [0, 0.1) is 5.82 Å². The van der Waals surface area contributed by atoms with Crippen molar-refractivity contribution in [2.45, 2.75) is 24.4 Å². The lowest BCUT2D eigenvalue weighted by molar-refractivity contribution is -0.138. The highest BCUT2D eigenvalue weighted by Gasteiger charge is 2.49. The number of fused-ring (bicyclic) bond motifs is 2. The maximum atomic E-state index is 14.9. The highest BCUT2D eigenvalue weighted by Crippen LogP contribution is 2.54. The van der Waals surface area contributed by atoms with Gasteiger partial charge in [0.1, 0.15) is 5.82 Å². The van der Waals surface area contributed by atoms with Crippen LogP contribution in [-0.2, 0) is 10.2 Å². The number of hydrogen-bond acceptors (Lipinski definition) is 5. The predicted octanol–water partition coefficient (Wildman–Crippen LogP) is 4.29. The summed E-state index contributed by atoms with van der Waals surface area (Å²) in [4.78, 5) is 27.0. The number of likely N-dealkylation sites (N-methyl/N-ethyl adjacent to an activating group) is 1. The molecule has 0 aliphatic heterocycles. The third-order valence-corrected chi connectivity index (χ3v) is 7.06. The first-order chi connectivity index (χ1) is 17.4. The van der Waals surface area contributed by atoms with Crippen LogP contribution in [-0.4, -0.2) is 49.4 Å². The Balaban J connectivity index is 1.42. The molecule has 0 saturated heterocycles. The Kier molecular flexibility index (Phi) is 5.08. The summed E-state index contributed by atoms with van der Waals surface area (Å²) in [5.74, 6) is -0.663. The highest BCUT2D eigenvalue weighted by atomic mass is 19.1. The van der Waals surface area contributed by atoms with Crippen molar-refractivity contribution < 1.29 is 14.3 Å². The van der Waals surface area contributed by atoms with E-state index in [9.17, 15) is 14.3 Å². The van der Waals surface area contributed by atoms with Crippen LogP contribution in [0.3, 0.4) is 0 Å². The molecular formula is C28H24FN5O2. The van der Waals surface area contributed by atoms with Gasteiger partial charge in [-0.1, -0.05) is 36.4 Å². The molecule has 180 valence electrons. The number of carbonyl (C=O) groups is 1. The number of benzene rings is 2. The van der Waals surface area contributed by atoms with Crippen molar-refractivity contribution >= 4 is 22.6 Å². The van der Waals surface area contributed by atoms with Gasteiger partial charge in [0.25, 0.3) is 5.91 Å². The van der Waals surface area contributed by atoms with E-state index in [0.717, 1.165) is 29.4 Å². The molecule has 1 N–H and O–H groups in total. The third-order valence-electron chi connectivity index (χ3n) is 7.06. The summed E-state index contributed by atoms with van der Waals surface area (Å²) in [6.45, 7) is 0. The highest BCUT2D eigenvalue weighted by molar-refractivity contribution is 5.84. The van der Waals surface area contributed by atoms with Crippen molar-refractivity contribution in [2.24, 2.45) is 0 Å². The van der Waals surface area contributed by atoms with E-state index in [1.807, 2.05) is 29.1 Å². The van der Waals surface area contributed by atoms with Gasteiger partial charge < -0.3 is 10.0 Å². The van der Waals surface area contributed by atoms with Gasteiger partial charge in [-0.3, -0.25) is 14.2 Å². The molecular weight excluding hydrogens is 457 g/mol. The largest absolute Gasteiger partial charge is 0.378 e. The molecule has 1 aliphatic rings. The SMILES string of the molecule is CN(C)C(=O)C(O)c1ccc(-c2cnc3ncc(C4(c5cccc6cccnc56)CC4)n3c2)cc1F. The Morgan fingerprint density at radius 3 is 2.58 bits per heavy atom. The lowest BCUT2D eigenvalue weighted by Crippen LogP contribution is -2.28. The zero-order valence-corrected chi connectivity index (χ0v) is 19.9. The zero-order chi connectivity index (χ0) is 25.0. The lowest BCUT2D eigenvalue weighted by Gasteiger charge is -2.18. The molecule has 7 nitrogen and oxygen atoms in total. The maximum Gasteiger partial charge on any atom is 0.255 e. The van der Waals surface area contributed by atoms with E-state index in [2.05, 4.69) is 39.2 Å². The van der Waals surface area contributed by atoms with Crippen molar-refractivity contribution in [1.82, 2.24) is 24.3 Å². The number of nitrogens with zero attached hydrogens (tertiary/aromatic N) is 5. The topological polar surface area (TPSA) is 83.6 Å². The molecule has 0 spiro atoms. The number of para-hydroxylation sites is 1. The third kappa shape index (κ3) is 3.45. The van der Waals surface area contributed by atoms with Gasteiger partial charge in [0.05, 0.1) is 17.4 Å². The molecule has 0 bridgehead atoms. The summed E-state index contributed by atoms with van der Waals surface area (Å²) < 4.78 is 16.9. The monoisotopic (exact) mass is 481 g/mol. The average Bonchev–Trinajstić information content (AvgIpc) is 3.58. The summed E-state index contributed by atoms with van der Waals surface area (Å²) in [7, 11) is 3.03. The van der Waals surface area contributed by atoms with Crippen LogP contribution in [0.1, 0.15) is 35.8 Å². The Morgan fingerprint density at radius 2 is 1.83 bits per heavy atom. The van der Waals surface area contributed by atoms with Gasteiger partial charge in [-0.25, -0.2) is 14.4 Å². The molecule has 8 heteroatoms. The van der Waals surface area contributed by atoms with Crippen molar-refractivity contribution in [3.63, 3.8) is 0 Å². The summed E-state index contributed by atoms with van der Waals surface area (Å²) in [6.07, 6.45) is 7.65. The number of aliphatic hydroxyl groups is 1. The van der Waals surface area contributed by atoms with Crippen molar-refractivity contribution in [3.8, 4) is 11.1 Å². The minimum Gasteiger partial charge on any atom is -0.378 e. The summed E-state index contributed by atoms with van der Waals surface area (Å²) >= 11 is 0. The van der Waals surface area contributed by atoms with Crippen LogP contribution in [0.25, 0.3) is 27.8 Å². The van der Waals surface area contributed by atoms with Crippen LogP contribution in [0.2, 0.25) is 0 Å². The molecule has 1 aliphatic carbocycles. The van der Waals surface area contributed by atoms with E-state index < -0.39 is 17.8 Å². The Labute approximate surface area is 206 Å². The van der Waals surface area contributed by atoms with E-state index in [0.29, 0.717) is 16.9 Å². The summed E-state index contributed by atoms with van der Waals surface area (Å²) in [6, 6.07) is 14.7. The van der Waals surface area contributed by atoms with Gasteiger partial charge in [-0.2, -0.15) is 0 Å². The molecule has 1 fully saturated rings. The second-order valence-electron chi connectivity index (χ2n) is 9.49. The molecule has 2 aromatic carbocycles. The number of aliphatic hydroxyl groups excluding tert-OH is 1. The number of rotatable bonds is 5. The zero-order valence-electron chi connectivity index (χ0n) is 19.9. The van der Waals surface area contributed by atoms with Crippen LogP contribution >= 0.6 is 0 Å². The molecule has 5 aromatic rings. The number of imidazole rings is 1. The molecule has 1 unspecified atom stereocenters. The maximum absolute atomic E-state index is 14.9. The van der Waals surface area contributed by atoms with E-state index in [1.54, 1.807) is 12.3 Å². The number of aromatic nitrogens is 4. The number of halogens is 1. The van der Waals surface area contributed by atoms with Gasteiger partial charge in [0, 0.05) is 54.6 Å². The molecule has 0 radical (unpaired) electrons. The van der Waals surface area contributed by atoms with Crippen LogP contribution in [0.15, 0.2) is 73.3 Å². The fourth-order valence-corrected chi connectivity index (χ4v) is 4.96. The van der Waals surface area contributed by atoms with Crippen LogP contribution in [0.4, 0.5) is 4.39 Å². The smallest absolute Gasteiger partial charge is 0.255 e. The first-order valence-corrected chi connectivity index (χ1v) is 11.8. The van der Waals surface area contributed by atoms with Crippen molar-refractivity contribution in [1.29, 1.82) is 0 Å². The normalized spacial score (nSPS) is 15.2. The number of hydrogen-bond donors (Lipinski definition) is 1. The fraction of sp³-hybridized carbons (Fsp3) is 0.214. The standard InChI is InChI=1S/C28H24FN5O2/c1-33(2)26(36)25(35)20-9-8-18(13-22(20)29)19-14-31-27-32-15-23(34(27)16-19)28(10-11-28)21-7-3-5-17-6-4-12-30-24(17)21/h3-9,12-16,25,35H,10-11H2,1-2H3. The second kappa shape index (κ2) is 8.20. The average molecular weight is 482 g/mol. The molecule has 1 atom stereocenters. The van der Waals surface area contributed by atoms with Crippen LogP contribution in [0.5, 0.6) is 0 Å². The van der Waals surface area contributed by atoms with Crippen molar-refractivity contribution in [3.05, 3.63) is 96.0 Å². The Morgan fingerprint density at radius 1 is 1.06 bits per heavy atom. The van der Waals surface area contributed by atoms with Gasteiger partial charge in [0.15, 0.2) is 6.10 Å².